The molecular formula is C16H34N2. The molecule has 0 aromatic carbocycles. The number of rotatable bonds is 8. The van der Waals surface area contributed by atoms with Crippen molar-refractivity contribution in [1.29, 1.82) is 0 Å². The predicted octanol–water partition coefficient (Wildman–Crippen LogP) is 3.67. The Morgan fingerprint density at radius 1 is 1.11 bits per heavy atom. The van der Waals surface area contributed by atoms with E-state index in [9.17, 15) is 0 Å². The highest BCUT2D eigenvalue weighted by atomic mass is 15.2. The zero-order valence-electron chi connectivity index (χ0n) is 13.1. The minimum absolute atomic E-state index is 0.391. The summed E-state index contributed by atoms with van der Waals surface area (Å²) in [4.78, 5) is 2.73. The van der Waals surface area contributed by atoms with Crippen LogP contribution in [0.5, 0.6) is 0 Å². The maximum absolute atomic E-state index is 3.58. The Hall–Kier alpha value is -0.0800. The van der Waals surface area contributed by atoms with E-state index >= 15 is 0 Å². The van der Waals surface area contributed by atoms with E-state index in [2.05, 4.69) is 37.9 Å². The molecule has 0 bridgehead atoms. The summed E-state index contributed by atoms with van der Waals surface area (Å²) in [6, 6.07) is 0.856. The molecule has 2 nitrogen and oxygen atoms in total. The summed E-state index contributed by atoms with van der Waals surface area (Å²) < 4.78 is 0. The summed E-state index contributed by atoms with van der Waals surface area (Å²) >= 11 is 0. The molecule has 1 aliphatic rings. The molecule has 0 atom stereocenters. The lowest BCUT2D eigenvalue weighted by atomic mass is 9.89. The lowest BCUT2D eigenvalue weighted by Gasteiger charge is -2.39. The molecule has 1 N–H and O–H groups in total. The first-order valence-corrected chi connectivity index (χ1v) is 8.04. The molecule has 0 aliphatic heterocycles. The van der Waals surface area contributed by atoms with Crippen molar-refractivity contribution in [3.63, 3.8) is 0 Å². The molecule has 1 rings (SSSR count). The summed E-state index contributed by atoms with van der Waals surface area (Å²) in [5.74, 6) is 0. The van der Waals surface area contributed by atoms with Gasteiger partial charge in [0.15, 0.2) is 0 Å². The molecule has 0 aromatic rings. The minimum Gasteiger partial charge on any atom is -0.316 e. The first-order chi connectivity index (χ1) is 8.59. The van der Waals surface area contributed by atoms with Crippen LogP contribution < -0.4 is 5.32 Å². The van der Waals surface area contributed by atoms with E-state index in [4.69, 9.17) is 0 Å². The molecule has 108 valence electrons. The fourth-order valence-electron chi connectivity index (χ4n) is 3.15. The Kier molecular flexibility index (Phi) is 7.25. The molecular weight excluding hydrogens is 220 g/mol. The third-order valence-corrected chi connectivity index (χ3v) is 4.16. The largest absolute Gasteiger partial charge is 0.316 e. The average molecular weight is 254 g/mol. The molecule has 18 heavy (non-hydrogen) atoms. The van der Waals surface area contributed by atoms with Gasteiger partial charge in [-0.2, -0.15) is 0 Å². The molecule has 1 aliphatic carbocycles. The van der Waals surface area contributed by atoms with Gasteiger partial charge in [0, 0.05) is 19.1 Å². The van der Waals surface area contributed by atoms with Gasteiger partial charge >= 0.3 is 0 Å². The van der Waals surface area contributed by atoms with Crippen LogP contribution in [0.15, 0.2) is 0 Å². The highest BCUT2D eigenvalue weighted by molar-refractivity contribution is 4.81. The lowest BCUT2D eigenvalue weighted by Crippen LogP contribution is -2.45. The van der Waals surface area contributed by atoms with Crippen LogP contribution in [0, 0.1) is 5.41 Å². The lowest BCUT2D eigenvalue weighted by molar-refractivity contribution is 0.109. The summed E-state index contributed by atoms with van der Waals surface area (Å²) in [7, 11) is 0. The second-order valence-electron chi connectivity index (χ2n) is 6.70. The average Bonchev–Trinajstić information content (AvgIpc) is 2.37. The van der Waals surface area contributed by atoms with Crippen LogP contribution in [0.25, 0.3) is 0 Å². The fraction of sp³-hybridized carbons (Fsp3) is 1.00. The summed E-state index contributed by atoms with van der Waals surface area (Å²) in [6.07, 6.45) is 8.41. The molecule has 0 amide bonds. The van der Waals surface area contributed by atoms with Crippen molar-refractivity contribution in [2.75, 3.05) is 26.2 Å². The van der Waals surface area contributed by atoms with Gasteiger partial charge in [0.25, 0.3) is 0 Å². The van der Waals surface area contributed by atoms with Gasteiger partial charge in [-0.05, 0) is 37.8 Å². The quantitative estimate of drug-likeness (QED) is 0.665. The second kappa shape index (κ2) is 8.16. The zero-order valence-corrected chi connectivity index (χ0v) is 13.1. The predicted molar refractivity (Wildman–Crippen MR) is 81.1 cm³/mol. The van der Waals surface area contributed by atoms with Crippen LogP contribution in [-0.2, 0) is 0 Å². The van der Waals surface area contributed by atoms with Gasteiger partial charge in [-0.15, -0.1) is 0 Å². The van der Waals surface area contributed by atoms with Crippen LogP contribution in [-0.4, -0.2) is 37.1 Å². The van der Waals surface area contributed by atoms with E-state index in [0.717, 1.165) is 19.1 Å². The number of hydrogen-bond acceptors (Lipinski definition) is 2. The molecule has 1 fully saturated rings. The van der Waals surface area contributed by atoms with Crippen LogP contribution in [0.4, 0.5) is 0 Å². The molecule has 0 radical (unpaired) electrons. The highest BCUT2D eigenvalue weighted by Crippen LogP contribution is 2.25. The SMILES string of the molecule is CCCNCC(C)(C)CN(CC)C1CCCCC1. The molecule has 0 spiro atoms. The van der Waals surface area contributed by atoms with Crippen LogP contribution >= 0.6 is 0 Å². The third kappa shape index (κ3) is 5.71. The summed E-state index contributed by atoms with van der Waals surface area (Å²) in [5.41, 5.74) is 0.391. The van der Waals surface area contributed by atoms with Gasteiger partial charge in [-0.1, -0.05) is 47.0 Å². The summed E-state index contributed by atoms with van der Waals surface area (Å²) in [5, 5.41) is 3.58. The van der Waals surface area contributed by atoms with Gasteiger partial charge in [0.2, 0.25) is 0 Å². The topological polar surface area (TPSA) is 15.3 Å². The van der Waals surface area contributed by atoms with Crippen molar-refractivity contribution in [2.45, 2.75) is 72.3 Å². The van der Waals surface area contributed by atoms with Gasteiger partial charge in [-0.25, -0.2) is 0 Å². The Balaban J connectivity index is 2.39. The monoisotopic (exact) mass is 254 g/mol. The van der Waals surface area contributed by atoms with E-state index in [1.165, 1.54) is 51.6 Å². The smallest absolute Gasteiger partial charge is 0.00953 e. The molecule has 1 saturated carbocycles. The van der Waals surface area contributed by atoms with Crippen molar-refractivity contribution in [2.24, 2.45) is 5.41 Å². The van der Waals surface area contributed by atoms with Crippen molar-refractivity contribution >= 4 is 0 Å². The van der Waals surface area contributed by atoms with E-state index in [-0.39, 0.29) is 0 Å². The number of hydrogen-bond donors (Lipinski definition) is 1. The van der Waals surface area contributed by atoms with E-state index in [1.807, 2.05) is 0 Å². The van der Waals surface area contributed by atoms with Crippen LogP contribution in [0.1, 0.15) is 66.2 Å². The first-order valence-electron chi connectivity index (χ1n) is 8.04. The molecule has 0 unspecified atom stereocenters. The Bertz CT molecular complexity index is 207. The first kappa shape index (κ1) is 16.0. The number of nitrogens with zero attached hydrogens (tertiary/aromatic N) is 1. The van der Waals surface area contributed by atoms with Crippen molar-refractivity contribution in [1.82, 2.24) is 10.2 Å². The molecule has 0 saturated heterocycles. The van der Waals surface area contributed by atoms with Crippen molar-refractivity contribution < 1.29 is 0 Å². The maximum atomic E-state index is 3.58. The Morgan fingerprint density at radius 3 is 2.33 bits per heavy atom. The molecule has 0 aromatic heterocycles. The maximum Gasteiger partial charge on any atom is 0.00953 e. The Morgan fingerprint density at radius 2 is 1.78 bits per heavy atom. The molecule has 0 heterocycles. The molecule has 2 heteroatoms. The van der Waals surface area contributed by atoms with Crippen LogP contribution in [0.3, 0.4) is 0 Å². The van der Waals surface area contributed by atoms with Crippen LogP contribution in [0.2, 0.25) is 0 Å². The normalized spacial score (nSPS) is 18.5. The Labute approximate surface area is 115 Å². The van der Waals surface area contributed by atoms with Gasteiger partial charge < -0.3 is 10.2 Å². The van der Waals surface area contributed by atoms with E-state index < -0.39 is 0 Å². The van der Waals surface area contributed by atoms with Gasteiger partial charge in [0.05, 0.1) is 0 Å². The zero-order chi connectivity index (χ0) is 13.4. The number of nitrogens with one attached hydrogen (secondary N) is 1. The fourth-order valence-corrected chi connectivity index (χ4v) is 3.15. The van der Waals surface area contributed by atoms with E-state index in [1.54, 1.807) is 0 Å². The third-order valence-electron chi connectivity index (χ3n) is 4.16. The van der Waals surface area contributed by atoms with Gasteiger partial charge in [0.1, 0.15) is 0 Å². The van der Waals surface area contributed by atoms with E-state index in [0.29, 0.717) is 5.41 Å². The highest BCUT2D eigenvalue weighted by Gasteiger charge is 2.26. The summed E-state index contributed by atoms with van der Waals surface area (Å²) in [6.45, 7) is 14.1. The van der Waals surface area contributed by atoms with Crippen molar-refractivity contribution in [3.8, 4) is 0 Å². The van der Waals surface area contributed by atoms with Gasteiger partial charge in [-0.3, -0.25) is 0 Å². The van der Waals surface area contributed by atoms with Crippen molar-refractivity contribution in [3.05, 3.63) is 0 Å². The second-order valence-corrected chi connectivity index (χ2v) is 6.70. The standard InChI is InChI=1S/C16H34N2/c1-5-12-17-13-16(3,4)14-18(6-2)15-10-8-7-9-11-15/h15,17H,5-14H2,1-4H3. The minimum atomic E-state index is 0.391.